The van der Waals surface area contributed by atoms with E-state index in [0.29, 0.717) is 5.92 Å². The third kappa shape index (κ3) is 2.40. The Morgan fingerprint density at radius 3 is 3.27 bits per heavy atom. The van der Waals surface area contributed by atoms with Crippen molar-refractivity contribution in [2.45, 2.75) is 32.2 Å². The molecule has 82 valence electrons. The van der Waals surface area contributed by atoms with Gasteiger partial charge in [0.25, 0.3) is 0 Å². The number of aliphatic carboxylic acids is 1. The second-order valence-corrected chi connectivity index (χ2v) is 4.72. The molecular weight excluding hydrogens is 260 g/mol. The highest BCUT2D eigenvalue weighted by atomic mass is 79.9. The lowest BCUT2D eigenvalue weighted by Gasteiger charge is -2.23. The summed E-state index contributed by atoms with van der Waals surface area (Å²) in [6, 6.07) is 0. The van der Waals surface area contributed by atoms with Gasteiger partial charge in [-0.1, -0.05) is 0 Å². The molecule has 1 aliphatic heterocycles. The number of fused-ring (bicyclic) bond motifs is 1. The maximum absolute atomic E-state index is 10.5. The molecule has 0 aliphatic carbocycles. The van der Waals surface area contributed by atoms with E-state index in [4.69, 9.17) is 5.11 Å². The Morgan fingerprint density at radius 1 is 1.73 bits per heavy atom. The SMILES string of the molecule is O=C(O)CCC1CCn2cnc(Br)c2C1. The van der Waals surface area contributed by atoms with E-state index >= 15 is 0 Å². The number of hydrogen-bond acceptors (Lipinski definition) is 2. The molecule has 0 bridgehead atoms. The van der Waals surface area contributed by atoms with Gasteiger partial charge in [-0.3, -0.25) is 4.79 Å². The number of rotatable bonds is 3. The number of nitrogens with zero attached hydrogens (tertiary/aromatic N) is 2. The molecule has 2 heterocycles. The molecule has 1 aromatic rings. The van der Waals surface area contributed by atoms with Crippen LogP contribution >= 0.6 is 15.9 Å². The highest BCUT2D eigenvalue weighted by molar-refractivity contribution is 9.10. The van der Waals surface area contributed by atoms with Crippen molar-refractivity contribution in [1.82, 2.24) is 9.55 Å². The van der Waals surface area contributed by atoms with Crippen LogP contribution < -0.4 is 0 Å². The van der Waals surface area contributed by atoms with Gasteiger partial charge in [-0.05, 0) is 41.1 Å². The van der Waals surface area contributed by atoms with Gasteiger partial charge in [-0.2, -0.15) is 0 Å². The van der Waals surface area contributed by atoms with Crippen molar-refractivity contribution in [2.75, 3.05) is 0 Å². The average molecular weight is 273 g/mol. The zero-order chi connectivity index (χ0) is 10.8. The van der Waals surface area contributed by atoms with Gasteiger partial charge in [0, 0.05) is 13.0 Å². The summed E-state index contributed by atoms with van der Waals surface area (Å²) in [5.41, 5.74) is 1.21. The molecule has 1 aliphatic rings. The smallest absolute Gasteiger partial charge is 0.303 e. The Labute approximate surface area is 96.4 Å². The van der Waals surface area contributed by atoms with Gasteiger partial charge < -0.3 is 9.67 Å². The van der Waals surface area contributed by atoms with E-state index in [1.807, 2.05) is 6.33 Å². The van der Waals surface area contributed by atoms with Crippen LogP contribution in [0.2, 0.25) is 0 Å². The summed E-state index contributed by atoms with van der Waals surface area (Å²) in [5, 5.41) is 8.63. The first-order valence-corrected chi connectivity index (χ1v) is 5.87. The second-order valence-electron chi connectivity index (χ2n) is 3.97. The molecule has 5 heteroatoms. The van der Waals surface area contributed by atoms with Crippen LogP contribution in [0.25, 0.3) is 0 Å². The summed E-state index contributed by atoms with van der Waals surface area (Å²) < 4.78 is 3.05. The molecule has 1 unspecified atom stereocenters. The van der Waals surface area contributed by atoms with Crippen LogP contribution in [0.15, 0.2) is 10.9 Å². The number of aryl methyl sites for hydroxylation is 1. The fraction of sp³-hybridized carbons (Fsp3) is 0.600. The van der Waals surface area contributed by atoms with Gasteiger partial charge in [-0.15, -0.1) is 0 Å². The minimum absolute atomic E-state index is 0.274. The number of imidazole rings is 1. The molecule has 0 radical (unpaired) electrons. The lowest BCUT2D eigenvalue weighted by atomic mass is 9.92. The van der Waals surface area contributed by atoms with Gasteiger partial charge >= 0.3 is 5.97 Å². The van der Waals surface area contributed by atoms with Crippen LogP contribution in [0, 0.1) is 5.92 Å². The molecule has 0 spiro atoms. The summed E-state index contributed by atoms with van der Waals surface area (Å²) in [4.78, 5) is 14.7. The first-order chi connectivity index (χ1) is 7.16. The van der Waals surface area contributed by atoms with E-state index in [-0.39, 0.29) is 6.42 Å². The van der Waals surface area contributed by atoms with Crippen molar-refractivity contribution < 1.29 is 9.90 Å². The van der Waals surface area contributed by atoms with Crippen molar-refractivity contribution in [3.63, 3.8) is 0 Å². The maximum atomic E-state index is 10.5. The molecule has 4 nitrogen and oxygen atoms in total. The van der Waals surface area contributed by atoms with Gasteiger partial charge in [0.15, 0.2) is 0 Å². The molecule has 0 saturated carbocycles. The molecule has 0 amide bonds. The molecule has 15 heavy (non-hydrogen) atoms. The Hall–Kier alpha value is -0.840. The predicted octanol–water partition coefficient (Wildman–Crippen LogP) is 2.07. The topological polar surface area (TPSA) is 55.1 Å². The Morgan fingerprint density at radius 2 is 2.53 bits per heavy atom. The van der Waals surface area contributed by atoms with Crippen molar-refractivity contribution in [1.29, 1.82) is 0 Å². The summed E-state index contributed by atoms with van der Waals surface area (Å²) in [6.45, 7) is 0.957. The summed E-state index contributed by atoms with van der Waals surface area (Å²) >= 11 is 3.41. The lowest BCUT2D eigenvalue weighted by molar-refractivity contribution is -0.137. The minimum Gasteiger partial charge on any atom is -0.481 e. The van der Waals surface area contributed by atoms with Crippen molar-refractivity contribution >= 4 is 21.9 Å². The number of hydrogen-bond donors (Lipinski definition) is 1. The number of halogens is 1. The molecule has 0 fully saturated rings. The van der Waals surface area contributed by atoms with E-state index in [2.05, 4.69) is 25.5 Å². The van der Waals surface area contributed by atoms with Crippen LogP contribution in [-0.2, 0) is 17.8 Å². The van der Waals surface area contributed by atoms with E-state index in [9.17, 15) is 4.79 Å². The second kappa shape index (κ2) is 4.35. The van der Waals surface area contributed by atoms with Gasteiger partial charge in [0.2, 0.25) is 0 Å². The molecule has 2 rings (SSSR count). The number of carboxylic acids is 1. The molecule has 1 N–H and O–H groups in total. The third-order valence-corrected chi connectivity index (χ3v) is 3.58. The fourth-order valence-electron chi connectivity index (χ4n) is 2.05. The predicted molar refractivity (Wildman–Crippen MR) is 58.6 cm³/mol. The number of aromatic nitrogens is 2. The van der Waals surface area contributed by atoms with Crippen molar-refractivity contribution in [3.05, 3.63) is 16.6 Å². The lowest BCUT2D eigenvalue weighted by Crippen LogP contribution is -2.19. The highest BCUT2D eigenvalue weighted by Crippen LogP contribution is 2.28. The van der Waals surface area contributed by atoms with Crippen LogP contribution in [0.1, 0.15) is 25.0 Å². The quantitative estimate of drug-likeness (QED) is 0.917. The van der Waals surface area contributed by atoms with Gasteiger partial charge in [0.1, 0.15) is 4.60 Å². The number of carboxylic acid groups (broad SMARTS) is 1. The van der Waals surface area contributed by atoms with Crippen LogP contribution in [0.4, 0.5) is 0 Å². The Balaban J connectivity index is 1.99. The first-order valence-electron chi connectivity index (χ1n) is 5.08. The van der Waals surface area contributed by atoms with E-state index in [0.717, 1.165) is 30.4 Å². The van der Waals surface area contributed by atoms with E-state index < -0.39 is 5.97 Å². The number of carbonyl (C=O) groups is 1. The monoisotopic (exact) mass is 272 g/mol. The van der Waals surface area contributed by atoms with Crippen molar-refractivity contribution in [2.24, 2.45) is 5.92 Å². The zero-order valence-electron chi connectivity index (χ0n) is 8.32. The summed E-state index contributed by atoms with van der Waals surface area (Å²) in [6.07, 6.45) is 4.88. The molecular formula is C10H13BrN2O2. The Kier molecular flexibility index (Phi) is 3.09. The Bertz CT molecular complexity index is 375. The normalized spacial score (nSPS) is 19.9. The average Bonchev–Trinajstić information content (AvgIpc) is 2.57. The van der Waals surface area contributed by atoms with Crippen LogP contribution in [-0.4, -0.2) is 20.6 Å². The van der Waals surface area contributed by atoms with Crippen LogP contribution in [0.5, 0.6) is 0 Å². The minimum atomic E-state index is -0.701. The summed E-state index contributed by atoms with van der Waals surface area (Å²) in [7, 11) is 0. The molecule has 1 atom stereocenters. The van der Waals surface area contributed by atoms with Gasteiger partial charge in [0.05, 0.1) is 12.0 Å². The first kappa shape index (κ1) is 10.7. The molecule has 1 aromatic heterocycles. The third-order valence-electron chi connectivity index (χ3n) is 2.92. The standard InChI is InChI=1S/C10H13BrN2O2/c11-10-8-5-7(1-2-9(14)15)3-4-13(8)6-12-10/h6-7H,1-5H2,(H,14,15). The highest BCUT2D eigenvalue weighted by Gasteiger charge is 2.21. The van der Waals surface area contributed by atoms with Crippen LogP contribution in [0.3, 0.4) is 0 Å². The van der Waals surface area contributed by atoms with E-state index in [1.54, 1.807) is 0 Å². The summed E-state index contributed by atoms with van der Waals surface area (Å²) in [5.74, 6) is -0.213. The fourth-order valence-corrected chi connectivity index (χ4v) is 2.53. The van der Waals surface area contributed by atoms with Crippen molar-refractivity contribution in [3.8, 4) is 0 Å². The largest absolute Gasteiger partial charge is 0.481 e. The van der Waals surface area contributed by atoms with E-state index in [1.165, 1.54) is 5.69 Å². The molecule has 0 aromatic carbocycles. The molecule has 0 saturated heterocycles. The van der Waals surface area contributed by atoms with Gasteiger partial charge in [-0.25, -0.2) is 4.98 Å². The zero-order valence-corrected chi connectivity index (χ0v) is 9.90. The maximum Gasteiger partial charge on any atom is 0.303 e.